The minimum atomic E-state index is -1.02. The zero-order valence-electron chi connectivity index (χ0n) is 65.7. The van der Waals surface area contributed by atoms with E-state index in [9.17, 15) is 14.4 Å². The lowest BCUT2D eigenvalue weighted by Crippen LogP contribution is -2.10. The lowest BCUT2D eigenvalue weighted by molar-refractivity contribution is -0.140. The van der Waals surface area contributed by atoms with Crippen LogP contribution in [-0.4, -0.2) is 74.4 Å². The Labute approximate surface area is 678 Å². The average molecular weight is 1560 g/mol. The van der Waals surface area contributed by atoms with Crippen LogP contribution in [0.5, 0.6) is 63.2 Å². The van der Waals surface area contributed by atoms with Crippen molar-refractivity contribution in [1.82, 2.24) is 0 Å². The van der Waals surface area contributed by atoms with Crippen molar-refractivity contribution in [3.63, 3.8) is 0 Å². The van der Waals surface area contributed by atoms with Gasteiger partial charge in [-0.25, -0.2) is 14.4 Å². The van der Waals surface area contributed by atoms with Crippen molar-refractivity contribution in [2.75, 3.05) is 41.2 Å². The Morgan fingerprint density at radius 3 is 0.915 bits per heavy atom. The summed E-state index contributed by atoms with van der Waals surface area (Å²) in [6.07, 6.45) is 0. The Balaban J connectivity index is 0.000000153. The van der Waals surface area contributed by atoms with E-state index in [1.54, 1.807) is 57.7 Å². The highest BCUT2D eigenvalue weighted by Gasteiger charge is 2.17. The Morgan fingerprint density at radius 1 is 0.265 bits per heavy atom. The number of hydrogen-bond acceptors (Lipinski definition) is 14. The largest absolute Gasteiger partial charge is 0.497 e. The number of methoxy groups -OCH3 is 3. The lowest BCUT2D eigenvalue weighted by atomic mass is 9.95. The first-order chi connectivity index (χ1) is 56.8. The molecule has 0 aliphatic rings. The second-order valence-electron chi connectivity index (χ2n) is 27.8. The van der Waals surface area contributed by atoms with Gasteiger partial charge in [0.15, 0.2) is 19.8 Å². The zero-order valence-corrected chi connectivity index (χ0v) is 65.7. The standard InChI is InChI=1S/C35H28O6.C35H30O6.C30H28O5/c1-22-15-29(12-14-32(22)40-21-35(36)37)39-20-23-16-26(24-7-10-28(38-2)11-8-24)18-27(17-23)25-9-13-34-31(19-25)30-5-3-4-6-33(30)41-34;1-24-18-33(16-17-34(24)40-23-35(36)37)39-22-25-19-28(26-8-12-30(38-2)13-9-26)21-29(20-25)27-10-14-32(15-11-27)41-31-6-4-3-5-7-31;1-20-4-6-23(7-5-20)25-15-22(16-26(17-25)24-8-10-27(33-3)11-9-24)18-34-28-12-13-29(21(2)14-28)35-19-30(31)32/h3-19H,20-21H2,1-2H3,(H,36,37);3-21H,22-23H2,1-2H3,(H,36,37);4-17H,18-19H2,1-3H3,(H,31,32). The van der Waals surface area contributed by atoms with Crippen molar-refractivity contribution in [2.45, 2.75) is 47.5 Å². The summed E-state index contributed by atoms with van der Waals surface area (Å²) in [4.78, 5) is 32.4. The van der Waals surface area contributed by atoms with Crippen LogP contribution in [0.2, 0.25) is 0 Å². The van der Waals surface area contributed by atoms with Crippen LogP contribution >= 0.6 is 0 Å². The van der Waals surface area contributed by atoms with E-state index in [1.165, 1.54) is 5.56 Å². The van der Waals surface area contributed by atoms with E-state index in [0.717, 1.165) is 151 Å². The smallest absolute Gasteiger partial charge is 0.341 e. The molecule has 15 rings (SSSR count). The van der Waals surface area contributed by atoms with Crippen molar-refractivity contribution < 1.29 is 81.5 Å². The molecule has 0 saturated carbocycles. The van der Waals surface area contributed by atoms with Gasteiger partial charge in [0.25, 0.3) is 0 Å². The molecule has 0 spiro atoms. The third kappa shape index (κ3) is 21.7. The molecule has 117 heavy (non-hydrogen) atoms. The SMILES string of the molecule is COc1ccc(-c2cc(COc3ccc(OCC(=O)O)c(C)c3)cc(-c3ccc(C)cc3)c2)cc1.COc1ccc(-c2cc(COc3ccc(OCC(=O)O)c(C)c3)cc(-c3ccc(Oc4ccccc4)cc3)c2)cc1.COc1ccc(-c2cc(COc3ccc(OCC(=O)O)c(C)c3)cc(-c3ccc4oc5ccccc5c4c3)c2)cc1. The predicted octanol–water partition coefficient (Wildman–Crippen LogP) is 23.1. The summed E-state index contributed by atoms with van der Waals surface area (Å²) >= 11 is 0. The molecule has 0 unspecified atom stereocenters. The van der Waals surface area contributed by atoms with Gasteiger partial charge in [0.2, 0.25) is 0 Å². The van der Waals surface area contributed by atoms with Gasteiger partial charge in [-0.3, -0.25) is 0 Å². The maximum atomic E-state index is 10.9. The molecule has 17 heteroatoms. The molecule has 0 fully saturated rings. The van der Waals surface area contributed by atoms with E-state index >= 15 is 0 Å². The number of rotatable bonds is 29. The Bertz CT molecular complexity index is 5940. The quantitative estimate of drug-likeness (QED) is 0.0397. The molecule has 0 aliphatic carbocycles. The van der Waals surface area contributed by atoms with Crippen molar-refractivity contribution in [1.29, 1.82) is 0 Å². The molecule has 14 aromatic carbocycles. The van der Waals surface area contributed by atoms with Crippen LogP contribution in [0.1, 0.15) is 38.9 Å². The second kappa shape index (κ2) is 38.2. The zero-order chi connectivity index (χ0) is 81.7. The van der Waals surface area contributed by atoms with Crippen LogP contribution in [0.15, 0.2) is 308 Å². The summed E-state index contributed by atoms with van der Waals surface area (Å²) in [6.45, 7) is 7.60. The molecule has 0 aliphatic heterocycles. The fraction of sp³-hybridized carbons (Fsp3) is 0.130. The molecular weight excluding hydrogens is 1470 g/mol. The van der Waals surface area contributed by atoms with Gasteiger partial charge in [-0.15, -0.1) is 0 Å². The Kier molecular flexibility index (Phi) is 26.2. The summed E-state index contributed by atoms with van der Waals surface area (Å²) in [5.74, 6) is 4.53. The van der Waals surface area contributed by atoms with Crippen molar-refractivity contribution in [2.24, 2.45) is 0 Å². The fourth-order valence-corrected chi connectivity index (χ4v) is 13.2. The summed E-state index contributed by atoms with van der Waals surface area (Å²) in [6, 6.07) is 100. The summed E-state index contributed by atoms with van der Waals surface area (Å²) < 4.78 is 62.4. The van der Waals surface area contributed by atoms with Crippen molar-refractivity contribution in [3.05, 3.63) is 342 Å². The molecule has 17 nitrogen and oxygen atoms in total. The number of aryl methyl sites for hydroxylation is 4. The highest BCUT2D eigenvalue weighted by atomic mass is 16.5. The Hall–Kier alpha value is -14.7. The molecule has 1 heterocycles. The molecule has 0 saturated heterocycles. The number of fused-ring (bicyclic) bond motifs is 3. The van der Waals surface area contributed by atoms with Crippen LogP contribution in [0.3, 0.4) is 0 Å². The topological polar surface area (TPSA) is 217 Å². The predicted molar refractivity (Wildman–Crippen MR) is 456 cm³/mol. The molecule has 0 amide bonds. The first-order valence-corrected chi connectivity index (χ1v) is 37.8. The molecule has 588 valence electrons. The molecule has 1 aromatic heterocycles. The van der Waals surface area contributed by atoms with E-state index in [-0.39, 0.29) is 19.8 Å². The van der Waals surface area contributed by atoms with Gasteiger partial charge in [0.05, 0.1) is 21.3 Å². The highest BCUT2D eigenvalue weighted by molar-refractivity contribution is 6.06. The van der Waals surface area contributed by atoms with Gasteiger partial charge in [0, 0.05) is 10.8 Å². The third-order valence-electron chi connectivity index (χ3n) is 19.2. The number of carboxylic acids is 3. The Morgan fingerprint density at radius 2 is 0.564 bits per heavy atom. The number of aliphatic carboxylic acids is 3. The van der Waals surface area contributed by atoms with E-state index in [0.29, 0.717) is 54.3 Å². The molecule has 15 aromatic rings. The summed E-state index contributed by atoms with van der Waals surface area (Å²) in [5, 5.41) is 28.8. The van der Waals surface area contributed by atoms with Crippen LogP contribution < -0.4 is 47.4 Å². The second-order valence-corrected chi connectivity index (χ2v) is 27.8. The van der Waals surface area contributed by atoms with Crippen LogP contribution in [0, 0.1) is 27.7 Å². The van der Waals surface area contributed by atoms with Crippen molar-refractivity contribution in [3.8, 4) is 130 Å². The normalized spacial score (nSPS) is 10.8. The first-order valence-electron chi connectivity index (χ1n) is 37.8. The number of hydrogen-bond donors (Lipinski definition) is 3. The van der Waals surface area contributed by atoms with Gasteiger partial charge in [-0.1, -0.05) is 121 Å². The van der Waals surface area contributed by atoms with Gasteiger partial charge in [-0.05, 0) is 316 Å². The van der Waals surface area contributed by atoms with Gasteiger partial charge < -0.3 is 67.1 Å². The molecular formula is C100H86O17. The van der Waals surface area contributed by atoms with E-state index in [4.69, 9.17) is 67.1 Å². The average Bonchev–Trinajstić information content (AvgIpc) is 1.72. The highest BCUT2D eigenvalue weighted by Crippen LogP contribution is 2.39. The van der Waals surface area contributed by atoms with Gasteiger partial charge in [0.1, 0.15) is 94.2 Å². The maximum absolute atomic E-state index is 10.9. The van der Waals surface area contributed by atoms with Gasteiger partial charge in [-0.2, -0.15) is 0 Å². The third-order valence-corrected chi connectivity index (χ3v) is 19.2. The molecule has 0 bridgehead atoms. The molecule has 3 N–H and O–H groups in total. The number of carboxylic acid groups (broad SMARTS) is 3. The number of ether oxygens (including phenoxy) is 10. The summed E-state index contributed by atoms with van der Waals surface area (Å²) in [7, 11) is 4.98. The first kappa shape index (κ1) is 80.3. The summed E-state index contributed by atoms with van der Waals surface area (Å²) in [5.41, 5.74) is 21.4. The van der Waals surface area contributed by atoms with E-state index in [1.807, 2.05) is 154 Å². The molecule has 0 atom stereocenters. The fourth-order valence-electron chi connectivity index (χ4n) is 13.2. The van der Waals surface area contributed by atoms with E-state index in [2.05, 4.69) is 140 Å². The maximum Gasteiger partial charge on any atom is 0.341 e. The van der Waals surface area contributed by atoms with Gasteiger partial charge >= 0.3 is 17.9 Å². The van der Waals surface area contributed by atoms with Crippen LogP contribution in [0.25, 0.3) is 88.7 Å². The van der Waals surface area contributed by atoms with Crippen molar-refractivity contribution >= 4 is 39.8 Å². The minimum Gasteiger partial charge on any atom is -0.497 e. The minimum absolute atomic E-state index is 0.348. The van der Waals surface area contributed by atoms with E-state index < -0.39 is 17.9 Å². The number of para-hydroxylation sites is 2. The van der Waals surface area contributed by atoms with Crippen LogP contribution in [0.4, 0.5) is 0 Å². The molecule has 0 radical (unpaired) electrons. The monoisotopic (exact) mass is 1560 g/mol. The van der Waals surface area contributed by atoms with Crippen LogP contribution in [-0.2, 0) is 34.2 Å². The number of carbonyl (C=O) groups is 3. The lowest BCUT2D eigenvalue weighted by Gasteiger charge is -2.14. The number of furan rings is 1. The number of benzene rings is 14.